The van der Waals surface area contributed by atoms with Crippen molar-refractivity contribution in [2.24, 2.45) is 0 Å². The van der Waals surface area contributed by atoms with Crippen molar-refractivity contribution < 1.29 is 17.9 Å². The molecule has 0 unspecified atom stereocenters. The van der Waals surface area contributed by atoms with Gasteiger partial charge >= 0.3 is 0 Å². The smallest absolute Gasteiger partial charge is 0.253 e. The lowest BCUT2D eigenvalue weighted by Gasteiger charge is -2.34. The van der Waals surface area contributed by atoms with E-state index in [-0.39, 0.29) is 54.0 Å². The van der Waals surface area contributed by atoms with E-state index in [1.807, 2.05) is 6.07 Å². The van der Waals surface area contributed by atoms with Crippen LogP contribution in [-0.2, 0) is 10.0 Å². The highest BCUT2D eigenvalue weighted by atomic mass is 35.5. The Hall–Kier alpha value is -2.80. The van der Waals surface area contributed by atoms with Crippen molar-refractivity contribution in [3.05, 3.63) is 86.9 Å². The number of piperazine rings is 1. The molecule has 1 heterocycles. The Morgan fingerprint density at radius 2 is 1.57 bits per heavy atom. The second-order valence-corrected chi connectivity index (χ2v) is 10.9. The van der Waals surface area contributed by atoms with Crippen molar-refractivity contribution in [1.82, 2.24) is 9.21 Å². The lowest BCUT2D eigenvalue weighted by molar-refractivity contribution is 0.0698. The highest BCUT2D eigenvalue weighted by Gasteiger charge is 2.33. The lowest BCUT2D eigenvalue weighted by atomic mass is 10.2. The fourth-order valence-corrected chi connectivity index (χ4v) is 5.91. The molecule has 1 fully saturated rings. The summed E-state index contributed by atoms with van der Waals surface area (Å²) < 4.78 is 34.2. The Bertz CT molecular complexity index is 1410. The number of sulfonamides is 1. The van der Waals surface area contributed by atoms with Crippen molar-refractivity contribution in [3.8, 4) is 17.6 Å². The third-order valence-corrected chi connectivity index (χ3v) is 7.94. The van der Waals surface area contributed by atoms with E-state index in [9.17, 15) is 18.5 Å². The predicted molar refractivity (Wildman–Crippen MR) is 134 cm³/mol. The molecule has 0 spiro atoms. The maximum atomic E-state index is 13.6. The molecule has 0 N–H and O–H groups in total. The summed E-state index contributed by atoms with van der Waals surface area (Å²) in [7, 11) is -4.05. The van der Waals surface area contributed by atoms with Gasteiger partial charge in [0, 0.05) is 46.8 Å². The molecule has 1 aliphatic rings. The Balaban J connectivity index is 1.57. The van der Waals surface area contributed by atoms with Crippen LogP contribution in [0.1, 0.15) is 15.9 Å². The number of ether oxygens (including phenoxy) is 1. The first-order valence-corrected chi connectivity index (χ1v) is 13.0. The molecule has 7 nitrogen and oxygen atoms in total. The number of benzene rings is 3. The van der Waals surface area contributed by atoms with Crippen LogP contribution in [0.25, 0.3) is 0 Å². The molecule has 0 aromatic heterocycles. The monoisotopic (exact) mass is 549 g/mol. The maximum Gasteiger partial charge on any atom is 0.253 e. The van der Waals surface area contributed by atoms with Gasteiger partial charge < -0.3 is 9.64 Å². The van der Waals surface area contributed by atoms with Crippen LogP contribution < -0.4 is 4.74 Å². The van der Waals surface area contributed by atoms with Crippen LogP contribution in [0.15, 0.2) is 65.6 Å². The van der Waals surface area contributed by atoms with E-state index in [0.29, 0.717) is 20.6 Å². The summed E-state index contributed by atoms with van der Waals surface area (Å²) in [4.78, 5) is 14.2. The molecule has 11 heteroatoms. The molecule has 35 heavy (non-hydrogen) atoms. The number of nitrogens with zero attached hydrogens (tertiary/aromatic N) is 3. The van der Waals surface area contributed by atoms with Gasteiger partial charge in [-0.3, -0.25) is 4.79 Å². The van der Waals surface area contributed by atoms with Crippen LogP contribution in [-0.4, -0.2) is 49.7 Å². The number of hydrogen-bond acceptors (Lipinski definition) is 5. The Morgan fingerprint density at radius 3 is 2.20 bits per heavy atom. The van der Waals surface area contributed by atoms with Crippen LogP contribution in [0, 0.1) is 11.3 Å². The molecular weight excluding hydrogens is 533 g/mol. The molecule has 3 aromatic carbocycles. The lowest BCUT2D eigenvalue weighted by Crippen LogP contribution is -2.50. The van der Waals surface area contributed by atoms with Crippen molar-refractivity contribution in [1.29, 1.82) is 5.26 Å². The van der Waals surface area contributed by atoms with Crippen molar-refractivity contribution in [2.45, 2.75) is 4.90 Å². The average Bonchev–Trinajstić information content (AvgIpc) is 2.83. The Labute approximate surface area is 218 Å². The molecule has 0 aliphatic carbocycles. The highest BCUT2D eigenvalue weighted by molar-refractivity contribution is 7.89. The molecule has 1 amide bonds. The zero-order valence-corrected chi connectivity index (χ0v) is 21.2. The van der Waals surface area contributed by atoms with Crippen molar-refractivity contribution in [2.75, 3.05) is 26.2 Å². The summed E-state index contributed by atoms with van der Waals surface area (Å²) in [6, 6.07) is 17.2. The molecular formula is C24H18Cl3N3O4S. The van der Waals surface area contributed by atoms with E-state index in [0.717, 1.165) is 0 Å². The summed E-state index contributed by atoms with van der Waals surface area (Å²) in [5.41, 5.74) is 0.598. The number of carbonyl (C=O) groups excluding carboxylic acids is 1. The summed E-state index contributed by atoms with van der Waals surface area (Å²) in [6.45, 7) is 0.549. The van der Waals surface area contributed by atoms with Crippen LogP contribution in [0.2, 0.25) is 15.1 Å². The molecule has 3 aromatic rings. The third kappa shape index (κ3) is 5.72. The minimum absolute atomic E-state index is 0.0276. The van der Waals surface area contributed by atoms with E-state index in [1.54, 1.807) is 29.2 Å². The van der Waals surface area contributed by atoms with Gasteiger partial charge in [-0.15, -0.1) is 0 Å². The van der Waals surface area contributed by atoms with E-state index in [1.165, 1.54) is 40.7 Å². The third-order valence-electron chi connectivity index (χ3n) is 5.35. The summed E-state index contributed by atoms with van der Waals surface area (Å²) >= 11 is 18.1. The van der Waals surface area contributed by atoms with E-state index in [4.69, 9.17) is 39.5 Å². The topological polar surface area (TPSA) is 90.7 Å². The fourth-order valence-electron chi connectivity index (χ4n) is 3.65. The van der Waals surface area contributed by atoms with Gasteiger partial charge in [0.2, 0.25) is 10.0 Å². The first-order valence-electron chi connectivity index (χ1n) is 10.4. The molecule has 4 rings (SSSR count). The van der Waals surface area contributed by atoms with Crippen LogP contribution in [0.4, 0.5) is 0 Å². The zero-order chi connectivity index (χ0) is 25.2. The van der Waals surface area contributed by atoms with Crippen LogP contribution >= 0.6 is 34.8 Å². The molecule has 1 saturated heterocycles. The number of nitriles is 1. The molecule has 0 saturated carbocycles. The molecule has 0 radical (unpaired) electrons. The van der Waals surface area contributed by atoms with Gasteiger partial charge in [0.15, 0.2) is 0 Å². The molecule has 180 valence electrons. The van der Waals surface area contributed by atoms with Gasteiger partial charge in [-0.25, -0.2) is 8.42 Å². The first-order chi connectivity index (χ1) is 16.7. The Kier molecular flexibility index (Phi) is 7.55. The maximum absolute atomic E-state index is 13.6. The summed E-state index contributed by atoms with van der Waals surface area (Å²) in [5, 5.41) is 10.4. The highest BCUT2D eigenvalue weighted by Crippen LogP contribution is 2.34. The largest absolute Gasteiger partial charge is 0.456 e. The number of carbonyl (C=O) groups is 1. The van der Waals surface area contributed by atoms with Crippen LogP contribution in [0.5, 0.6) is 11.5 Å². The predicted octanol–water partition coefficient (Wildman–Crippen LogP) is 5.46. The first kappa shape index (κ1) is 25.3. The summed E-state index contributed by atoms with van der Waals surface area (Å²) in [5.74, 6) is 0.0539. The fraction of sp³-hybridized carbons (Fsp3) is 0.167. The van der Waals surface area contributed by atoms with Gasteiger partial charge in [-0.1, -0.05) is 40.9 Å². The Morgan fingerprint density at radius 1 is 0.886 bits per heavy atom. The minimum atomic E-state index is -4.05. The molecule has 0 bridgehead atoms. The van der Waals surface area contributed by atoms with E-state index in [2.05, 4.69) is 0 Å². The zero-order valence-electron chi connectivity index (χ0n) is 18.1. The number of hydrogen-bond donors (Lipinski definition) is 0. The minimum Gasteiger partial charge on any atom is -0.456 e. The normalized spacial score (nSPS) is 14.4. The number of rotatable bonds is 5. The second kappa shape index (κ2) is 10.4. The molecule has 1 aliphatic heterocycles. The van der Waals surface area contributed by atoms with Crippen molar-refractivity contribution in [3.63, 3.8) is 0 Å². The summed E-state index contributed by atoms with van der Waals surface area (Å²) in [6.07, 6.45) is 0. The van der Waals surface area contributed by atoms with Crippen LogP contribution in [0.3, 0.4) is 0 Å². The standard InChI is InChI=1S/C24H18Cl3N3O4S/c25-18-3-1-2-17(11-18)24(31)29-6-8-30(9-7-29)35(32,33)23-10-16(15-28)4-5-22(23)34-21-13-19(26)12-20(27)14-21/h1-5,10-14H,6-9H2. The van der Waals surface area contributed by atoms with Gasteiger partial charge in [0.25, 0.3) is 5.91 Å². The van der Waals surface area contributed by atoms with Gasteiger partial charge in [0.05, 0.1) is 11.6 Å². The van der Waals surface area contributed by atoms with Gasteiger partial charge in [0.1, 0.15) is 16.4 Å². The number of amides is 1. The SMILES string of the molecule is N#Cc1ccc(Oc2cc(Cl)cc(Cl)c2)c(S(=O)(=O)N2CCN(C(=O)c3cccc(Cl)c3)CC2)c1. The second-order valence-electron chi connectivity index (χ2n) is 7.69. The van der Waals surface area contributed by atoms with E-state index < -0.39 is 10.0 Å². The average molecular weight is 551 g/mol. The molecule has 0 atom stereocenters. The quantitative estimate of drug-likeness (QED) is 0.421. The van der Waals surface area contributed by atoms with E-state index >= 15 is 0 Å². The van der Waals surface area contributed by atoms with Crippen molar-refractivity contribution >= 4 is 50.7 Å². The number of halogens is 3. The van der Waals surface area contributed by atoms with Gasteiger partial charge in [-0.05, 0) is 54.6 Å². The van der Waals surface area contributed by atoms with Gasteiger partial charge in [-0.2, -0.15) is 9.57 Å².